The first-order chi connectivity index (χ1) is 15.0. The molecular formula is C22H20N4O5. The summed E-state index contributed by atoms with van der Waals surface area (Å²) in [5.41, 5.74) is 1.39. The van der Waals surface area contributed by atoms with Gasteiger partial charge in [0.25, 0.3) is 11.8 Å². The molecule has 9 heteroatoms. The Balaban J connectivity index is 1.57. The van der Waals surface area contributed by atoms with Gasteiger partial charge in [-0.15, -0.1) is 0 Å². The van der Waals surface area contributed by atoms with E-state index in [2.05, 4.69) is 20.6 Å². The second-order valence-corrected chi connectivity index (χ2v) is 6.36. The minimum absolute atomic E-state index is 0.00700. The second kappa shape index (κ2) is 9.97. The highest BCUT2D eigenvalue weighted by atomic mass is 16.5. The molecule has 3 aromatic rings. The number of methoxy groups -OCH3 is 1. The first-order valence-electron chi connectivity index (χ1n) is 9.30. The highest BCUT2D eigenvalue weighted by Crippen LogP contribution is 2.24. The van der Waals surface area contributed by atoms with Crippen LogP contribution in [0.25, 0.3) is 0 Å². The van der Waals surface area contributed by atoms with E-state index in [0.29, 0.717) is 22.7 Å². The number of anilines is 2. The van der Waals surface area contributed by atoms with Crippen molar-refractivity contribution in [1.29, 1.82) is 0 Å². The molecular weight excluding hydrogens is 400 g/mol. The quantitative estimate of drug-likeness (QED) is 0.564. The third kappa shape index (κ3) is 5.63. The fraction of sp³-hybridized carbons (Fsp3) is 0.136. The zero-order valence-electron chi connectivity index (χ0n) is 16.9. The highest BCUT2D eigenvalue weighted by Gasteiger charge is 2.20. The molecule has 31 heavy (non-hydrogen) atoms. The van der Waals surface area contributed by atoms with Crippen molar-refractivity contribution in [2.24, 2.45) is 0 Å². The number of carbonyl (C=O) groups excluding carboxylic acids is 3. The van der Waals surface area contributed by atoms with Crippen molar-refractivity contribution >= 4 is 29.2 Å². The number of carbonyl (C=O) groups is 3. The van der Waals surface area contributed by atoms with Crippen molar-refractivity contribution in [3.63, 3.8) is 0 Å². The van der Waals surface area contributed by atoms with Crippen LogP contribution in [0.1, 0.15) is 27.8 Å². The summed E-state index contributed by atoms with van der Waals surface area (Å²) in [6.07, 6.45) is 2.98. The fourth-order valence-electron chi connectivity index (χ4n) is 2.57. The zero-order valence-corrected chi connectivity index (χ0v) is 16.9. The fourth-order valence-corrected chi connectivity index (χ4v) is 2.57. The molecule has 2 amide bonds. The number of para-hydroxylation sites is 2. The van der Waals surface area contributed by atoms with Crippen molar-refractivity contribution in [3.05, 3.63) is 78.4 Å². The smallest absolute Gasteiger partial charge is 0.359 e. The molecule has 1 atom stereocenters. The van der Waals surface area contributed by atoms with E-state index in [-0.39, 0.29) is 11.6 Å². The van der Waals surface area contributed by atoms with Crippen LogP contribution < -0.4 is 15.4 Å². The summed E-state index contributed by atoms with van der Waals surface area (Å²) >= 11 is 0. The molecule has 0 saturated heterocycles. The van der Waals surface area contributed by atoms with Gasteiger partial charge in [0.2, 0.25) is 0 Å². The van der Waals surface area contributed by atoms with Gasteiger partial charge >= 0.3 is 5.97 Å². The maximum Gasteiger partial charge on any atom is 0.359 e. The van der Waals surface area contributed by atoms with Crippen LogP contribution in [0, 0.1) is 0 Å². The molecule has 0 fully saturated rings. The summed E-state index contributed by atoms with van der Waals surface area (Å²) in [4.78, 5) is 44.3. The van der Waals surface area contributed by atoms with E-state index >= 15 is 0 Å². The topological polar surface area (TPSA) is 120 Å². The Bertz CT molecular complexity index is 1070. The lowest BCUT2D eigenvalue weighted by Gasteiger charge is -2.13. The highest BCUT2D eigenvalue weighted by molar-refractivity contribution is 6.05. The lowest BCUT2D eigenvalue weighted by atomic mass is 10.2. The molecule has 9 nitrogen and oxygen atoms in total. The molecule has 0 radical (unpaired) electrons. The number of hydrogen-bond acceptors (Lipinski definition) is 7. The van der Waals surface area contributed by atoms with Crippen molar-refractivity contribution in [1.82, 2.24) is 9.97 Å². The number of rotatable bonds is 7. The third-order valence-electron chi connectivity index (χ3n) is 4.20. The van der Waals surface area contributed by atoms with Gasteiger partial charge in [0, 0.05) is 23.6 Å². The normalized spacial score (nSPS) is 11.2. The van der Waals surface area contributed by atoms with Crippen LogP contribution in [0.4, 0.5) is 11.4 Å². The summed E-state index contributed by atoms with van der Waals surface area (Å²) in [5.74, 6) is -1.05. The average molecular weight is 420 g/mol. The third-order valence-corrected chi connectivity index (χ3v) is 4.20. The van der Waals surface area contributed by atoms with Crippen molar-refractivity contribution in [2.75, 3.05) is 17.7 Å². The van der Waals surface area contributed by atoms with Gasteiger partial charge in [-0.1, -0.05) is 12.1 Å². The monoisotopic (exact) mass is 420 g/mol. The van der Waals surface area contributed by atoms with Gasteiger partial charge in [-0.2, -0.15) is 0 Å². The predicted molar refractivity (Wildman–Crippen MR) is 113 cm³/mol. The number of hydrogen-bond donors (Lipinski definition) is 2. The largest absolute Gasteiger partial charge is 0.495 e. The van der Waals surface area contributed by atoms with Crippen LogP contribution in [-0.2, 0) is 9.53 Å². The first-order valence-corrected chi connectivity index (χ1v) is 9.30. The summed E-state index contributed by atoms with van der Waals surface area (Å²) in [6, 6.07) is 13.3. The molecule has 0 saturated carbocycles. The van der Waals surface area contributed by atoms with Crippen molar-refractivity contribution in [3.8, 4) is 5.75 Å². The van der Waals surface area contributed by atoms with Crippen LogP contribution in [0.2, 0.25) is 0 Å². The minimum Gasteiger partial charge on any atom is -0.495 e. The predicted octanol–water partition coefficient (Wildman–Crippen LogP) is 2.92. The van der Waals surface area contributed by atoms with E-state index in [1.165, 1.54) is 32.6 Å². The molecule has 3 rings (SSSR count). The lowest BCUT2D eigenvalue weighted by Crippen LogP contribution is -2.30. The summed E-state index contributed by atoms with van der Waals surface area (Å²) in [6.45, 7) is 1.44. The molecule has 0 aliphatic heterocycles. The standard InChI is InChI=1S/C22H20N4O5/c1-14(31-22(29)18-13-23-11-12-24-18)20(27)25-16-9-7-15(8-10-16)21(28)26-17-5-3-4-6-19(17)30-2/h3-14H,1-2H3,(H,25,27)(H,26,28)/t14-/m0/s1. The Morgan fingerprint density at radius 2 is 1.71 bits per heavy atom. The Morgan fingerprint density at radius 1 is 0.968 bits per heavy atom. The molecule has 2 aromatic carbocycles. The van der Waals surface area contributed by atoms with E-state index in [1.807, 2.05) is 0 Å². The van der Waals surface area contributed by atoms with Crippen LogP contribution in [-0.4, -0.2) is 41.0 Å². The number of ether oxygens (including phenoxy) is 2. The number of nitrogens with zero attached hydrogens (tertiary/aromatic N) is 2. The van der Waals surface area contributed by atoms with Gasteiger partial charge in [0.1, 0.15) is 5.75 Å². The Hall–Kier alpha value is -4.27. The number of aromatic nitrogens is 2. The Kier molecular flexibility index (Phi) is 6.89. The van der Waals surface area contributed by atoms with Crippen LogP contribution >= 0.6 is 0 Å². The number of benzene rings is 2. The van der Waals surface area contributed by atoms with Gasteiger partial charge in [-0.3, -0.25) is 14.6 Å². The first kappa shape index (κ1) is 21.4. The van der Waals surface area contributed by atoms with E-state index in [1.54, 1.807) is 48.5 Å². The van der Waals surface area contributed by atoms with E-state index in [4.69, 9.17) is 9.47 Å². The summed E-state index contributed by atoms with van der Waals surface area (Å²) in [7, 11) is 1.52. The summed E-state index contributed by atoms with van der Waals surface area (Å²) < 4.78 is 10.3. The maximum atomic E-state index is 12.5. The van der Waals surface area contributed by atoms with Crippen LogP contribution in [0.15, 0.2) is 67.1 Å². The van der Waals surface area contributed by atoms with Crippen molar-refractivity contribution in [2.45, 2.75) is 13.0 Å². The SMILES string of the molecule is COc1ccccc1NC(=O)c1ccc(NC(=O)[C@H](C)OC(=O)c2cnccn2)cc1. The van der Waals surface area contributed by atoms with E-state index in [0.717, 1.165) is 0 Å². The average Bonchev–Trinajstić information content (AvgIpc) is 2.80. The van der Waals surface area contributed by atoms with Crippen molar-refractivity contribution < 1.29 is 23.9 Å². The molecule has 1 heterocycles. The summed E-state index contributed by atoms with van der Waals surface area (Å²) in [5, 5.41) is 5.40. The minimum atomic E-state index is -1.05. The van der Waals surface area contributed by atoms with E-state index in [9.17, 15) is 14.4 Å². The lowest BCUT2D eigenvalue weighted by molar-refractivity contribution is -0.123. The van der Waals surface area contributed by atoms with Crippen LogP contribution in [0.5, 0.6) is 5.75 Å². The maximum absolute atomic E-state index is 12.5. The molecule has 0 aliphatic rings. The number of amides is 2. The molecule has 0 aliphatic carbocycles. The van der Waals surface area contributed by atoms with Gasteiger partial charge in [0.15, 0.2) is 11.8 Å². The van der Waals surface area contributed by atoms with Gasteiger partial charge in [-0.25, -0.2) is 9.78 Å². The van der Waals surface area contributed by atoms with E-state index < -0.39 is 18.0 Å². The molecule has 0 unspecified atom stereocenters. The molecule has 1 aromatic heterocycles. The number of nitrogens with one attached hydrogen (secondary N) is 2. The van der Waals surface area contributed by atoms with Gasteiger partial charge in [-0.05, 0) is 43.3 Å². The zero-order chi connectivity index (χ0) is 22.2. The molecule has 0 bridgehead atoms. The number of esters is 1. The van der Waals surface area contributed by atoms with Gasteiger partial charge in [0.05, 0.1) is 19.0 Å². The Labute approximate surface area is 178 Å². The van der Waals surface area contributed by atoms with Crippen LogP contribution in [0.3, 0.4) is 0 Å². The molecule has 2 N–H and O–H groups in total. The molecule has 0 spiro atoms. The Morgan fingerprint density at radius 3 is 2.39 bits per heavy atom. The van der Waals surface area contributed by atoms with Gasteiger partial charge < -0.3 is 20.1 Å². The molecule has 158 valence electrons. The second-order valence-electron chi connectivity index (χ2n) is 6.36.